The van der Waals surface area contributed by atoms with Gasteiger partial charge in [0.25, 0.3) is 0 Å². The Balaban J connectivity index is 1.48. The summed E-state index contributed by atoms with van der Waals surface area (Å²) in [4.78, 5) is 0. The van der Waals surface area contributed by atoms with Crippen LogP contribution in [0.1, 0.15) is 52.1 Å². The maximum absolute atomic E-state index is 10.7. The molecule has 1 aliphatic rings. The van der Waals surface area contributed by atoms with Crippen molar-refractivity contribution in [3.05, 3.63) is 42.2 Å². The molecule has 1 aromatic carbocycles. The Morgan fingerprint density at radius 1 is 1.03 bits per heavy atom. The number of benzene rings is 1. The monoisotopic (exact) mass is 432 g/mol. The SMILES string of the molecule is Cc1cnn(-c2ccc(-c3cc4nnn(C5CC(C)(C)NC(C)(C)C5)c4nn3)c(O)c2)c1. The van der Waals surface area contributed by atoms with E-state index in [1.165, 1.54) is 0 Å². The van der Waals surface area contributed by atoms with E-state index in [-0.39, 0.29) is 22.9 Å². The van der Waals surface area contributed by atoms with Crippen LogP contribution in [-0.4, -0.2) is 51.2 Å². The van der Waals surface area contributed by atoms with Crippen molar-refractivity contribution in [2.24, 2.45) is 0 Å². The lowest BCUT2D eigenvalue weighted by atomic mass is 9.80. The number of phenolic OH excluding ortho intramolecular Hbond substituents is 1. The van der Waals surface area contributed by atoms with Crippen LogP contribution < -0.4 is 5.32 Å². The van der Waals surface area contributed by atoms with Crippen LogP contribution in [0, 0.1) is 6.92 Å². The van der Waals surface area contributed by atoms with Gasteiger partial charge in [-0.15, -0.1) is 15.3 Å². The number of hydrogen-bond donors (Lipinski definition) is 2. The van der Waals surface area contributed by atoms with Crippen molar-refractivity contribution in [3.8, 4) is 22.7 Å². The molecule has 166 valence electrons. The van der Waals surface area contributed by atoms with E-state index in [1.54, 1.807) is 16.9 Å². The molecule has 9 nitrogen and oxygen atoms in total. The van der Waals surface area contributed by atoms with Gasteiger partial charge in [-0.05, 0) is 71.2 Å². The van der Waals surface area contributed by atoms with Crippen LogP contribution in [0.15, 0.2) is 36.7 Å². The lowest BCUT2D eigenvalue weighted by Crippen LogP contribution is -2.58. The Bertz CT molecular complexity index is 1290. The molecule has 0 saturated carbocycles. The molecule has 5 rings (SSSR count). The lowest BCUT2D eigenvalue weighted by molar-refractivity contribution is 0.127. The summed E-state index contributed by atoms with van der Waals surface area (Å²) in [6.07, 6.45) is 5.53. The summed E-state index contributed by atoms with van der Waals surface area (Å²) in [5, 5.41) is 36.3. The second kappa shape index (κ2) is 7.09. The summed E-state index contributed by atoms with van der Waals surface area (Å²) in [5.41, 5.74) is 4.26. The average Bonchev–Trinajstić information content (AvgIpc) is 3.31. The molecule has 2 N–H and O–H groups in total. The number of piperidine rings is 1. The van der Waals surface area contributed by atoms with Crippen molar-refractivity contribution < 1.29 is 5.11 Å². The zero-order chi connectivity index (χ0) is 22.7. The van der Waals surface area contributed by atoms with Gasteiger partial charge in [0.15, 0.2) is 0 Å². The number of aryl methyl sites for hydroxylation is 1. The van der Waals surface area contributed by atoms with Crippen LogP contribution in [-0.2, 0) is 0 Å². The molecule has 32 heavy (non-hydrogen) atoms. The van der Waals surface area contributed by atoms with Crippen LogP contribution in [0.4, 0.5) is 0 Å². The van der Waals surface area contributed by atoms with E-state index in [0.717, 1.165) is 24.1 Å². The summed E-state index contributed by atoms with van der Waals surface area (Å²) in [5.74, 6) is 0.110. The molecule has 0 amide bonds. The maximum atomic E-state index is 10.7. The number of fused-ring (bicyclic) bond motifs is 1. The number of aromatic nitrogens is 7. The standard InChI is InChI=1S/C23H28N8O/c1-14-12-24-30(13-14)15-6-7-17(20(32)8-15)18-9-19-21(27-25-18)31(29-26-19)16-10-22(2,3)28-23(4,5)11-16/h6-9,12-13,16,28,32H,10-11H2,1-5H3. The van der Waals surface area contributed by atoms with Gasteiger partial charge in [-0.3, -0.25) is 0 Å². The van der Waals surface area contributed by atoms with Gasteiger partial charge in [-0.2, -0.15) is 5.10 Å². The fourth-order valence-electron chi connectivity index (χ4n) is 5.00. The summed E-state index contributed by atoms with van der Waals surface area (Å²) >= 11 is 0. The fraction of sp³-hybridized carbons (Fsp3) is 0.435. The van der Waals surface area contributed by atoms with Crippen LogP contribution in [0.5, 0.6) is 5.75 Å². The molecule has 9 heteroatoms. The van der Waals surface area contributed by atoms with Crippen molar-refractivity contribution in [1.29, 1.82) is 0 Å². The topological polar surface area (TPSA) is 107 Å². The van der Waals surface area contributed by atoms with Gasteiger partial charge >= 0.3 is 0 Å². The first-order valence-electron chi connectivity index (χ1n) is 10.8. The van der Waals surface area contributed by atoms with Gasteiger partial charge in [0.05, 0.1) is 23.6 Å². The normalized spacial score (nSPS) is 18.3. The molecule has 0 aliphatic carbocycles. The molecule has 1 saturated heterocycles. The maximum Gasteiger partial charge on any atom is 0.201 e. The Hall–Kier alpha value is -3.33. The molecule has 0 spiro atoms. The van der Waals surface area contributed by atoms with Gasteiger partial charge in [0, 0.05) is 28.9 Å². The van der Waals surface area contributed by atoms with E-state index in [9.17, 15) is 5.11 Å². The number of nitrogens with one attached hydrogen (secondary N) is 1. The van der Waals surface area contributed by atoms with Crippen molar-refractivity contribution >= 4 is 11.2 Å². The third kappa shape index (κ3) is 3.73. The zero-order valence-corrected chi connectivity index (χ0v) is 19.0. The predicted molar refractivity (Wildman–Crippen MR) is 122 cm³/mol. The summed E-state index contributed by atoms with van der Waals surface area (Å²) < 4.78 is 3.63. The number of phenols is 1. The van der Waals surface area contributed by atoms with Gasteiger partial charge in [0.1, 0.15) is 11.3 Å². The third-order valence-corrected chi connectivity index (χ3v) is 5.97. The number of rotatable bonds is 3. The molecule has 4 aromatic rings. The first-order valence-corrected chi connectivity index (χ1v) is 10.8. The third-order valence-electron chi connectivity index (χ3n) is 5.97. The molecule has 0 atom stereocenters. The van der Waals surface area contributed by atoms with E-state index < -0.39 is 0 Å². The van der Waals surface area contributed by atoms with Crippen molar-refractivity contribution in [2.75, 3.05) is 0 Å². The van der Waals surface area contributed by atoms with E-state index in [4.69, 9.17) is 0 Å². The van der Waals surface area contributed by atoms with Crippen LogP contribution in [0.25, 0.3) is 28.1 Å². The van der Waals surface area contributed by atoms with Gasteiger partial charge < -0.3 is 10.4 Å². The highest BCUT2D eigenvalue weighted by Gasteiger charge is 2.39. The highest BCUT2D eigenvalue weighted by Crippen LogP contribution is 2.37. The fourth-order valence-corrected chi connectivity index (χ4v) is 5.00. The molecule has 4 heterocycles. The lowest BCUT2D eigenvalue weighted by Gasteiger charge is -2.46. The van der Waals surface area contributed by atoms with Crippen LogP contribution in [0.2, 0.25) is 0 Å². The molecule has 1 fully saturated rings. The van der Waals surface area contributed by atoms with Crippen molar-refractivity contribution in [2.45, 2.75) is 64.6 Å². The summed E-state index contributed by atoms with van der Waals surface area (Å²) in [6.45, 7) is 10.8. The van der Waals surface area contributed by atoms with Crippen LogP contribution >= 0.6 is 0 Å². The Morgan fingerprint density at radius 3 is 2.44 bits per heavy atom. The second-order valence-corrected chi connectivity index (χ2v) is 10.1. The molecule has 0 bridgehead atoms. The number of aromatic hydroxyl groups is 1. The van der Waals surface area contributed by atoms with E-state index in [0.29, 0.717) is 22.4 Å². The van der Waals surface area contributed by atoms with E-state index >= 15 is 0 Å². The number of nitrogens with zero attached hydrogens (tertiary/aromatic N) is 7. The Morgan fingerprint density at radius 2 is 1.78 bits per heavy atom. The van der Waals surface area contributed by atoms with Gasteiger partial charge in [0.2, 0.25) is 5.65 Å². The van der Waals surface area contributed by atoms with Gasteiger partial charge in [-0.1, -0.05) is 5.21 Å². The number of hydrogen-bond acceptors (Lipinski definition) is 7. The molecule has 0 radical (unpaired) electrons. The molecular formula is C23H28N8O. The average molecular weight is 433 g/mol. The summed E-state index contributed by atoms with van der Waals surface area (Å²) in [6, 6.07) is 7.39. The van der Waals surface area contributed by atoms with Gasteiger partial charge in [-0.25, -0.2) is 9.36 Å². The van der Waals surface area contributed by atoms with E-state index in [1.807, 2.05) is 36.0 Å². The molecule has 3 aromatic heterocycles. The highest BCUT2D eigenvalue weighted by molar-refractivity contribution is 5.77. The zero-order valence-electron chi connectivity index (χ0n) is 19.0. The Kier molecular flexibility index (Phi) is 4.56. The van der Waals surface area contributed by atoms with Crippen molar-refractivity contribution in [3.63, 3.8) is 0 Å². The molecule has 1 aliphatic heterocycles. The minimum Gasteiger partial charge on any atom is -0.507 e. The molecular weight excluding hydrogens is 404 g/mol. The van der Waals surface area contributed by atoms with E-state index in [2.05, 4.69) is 58.6 Å². The largest absolute Gasteiger partial charge is 0.507 e. The quantitative estimate of drug-likeness (QED) is 0.510. The Labute approximate surface area is 186 Å². The predicted octanol–water partition coefficient (Wildman–Crippen LogP) is 3.57. The van der Waals surface area contributed by atoms with Crippen LogP contribution in [0.3, 0.4) is 0 Å². The first kappa shape index (κ1) is 20.6. The molecule has 0 unspecified atom stereocenters. The summed E-state index contributed by atoms with van der Waals surface area (Å²) in [7, 11) is 0. The minimum atomic E-state index is -0.0152. The van der Waals surface area contributed by atoms with Crippen molar-refractivity contribution in [1.82, 2.24) is 40.3 Å². The second-order valence-electron chi connectivity index (χ2n) is 10.1. The highest BCUT2D eigenvalue weighted by atomic mass is 16.3. The minimum absolute atomic E-state index is 0.0152. The first-order chi connectivity index (χ1) is 15.1. The smallest absolute Gasteiger partial charge is 0.201 e.